The number of hydrogen-bond acceptors (Lipinski definition) is 9. The van der Waals surface area contributed by atoms with Gasteiger partial charge in [0.05, 0.1) is 22.4 Å². The molecule has 1 aliphatic heterocycles. The maximum atomic E-state index is 13.4. The molecule has 3 aromatic carbocycles. The fraction of sp³-hybridized carbons (Fsp3) is 0.212. The highest BCUT2D eigenvalue weighted by Crippen LogP contribution is 2.26. The zero-order valence-electron chi connectivity index (χ0n) is 25.0. The third kappa shape index (κ3) is 5.70. The summed E-state index contributed by atoms with van der Waals surface area (Å²) >= 11 is 0. The molecule has 226 valence electrons. The number of piperazine rings is 1. The predicted octanol–water partition coefficient (Wildman–Crippen LogP) is 4.66. The number of amides is 2. The van der Waals surface area contributed by atoms with E-state index in [1.807, 2.05) is 82.3 Å². The van der Waals surface area contributed by atoms with Crippen LogP contribution in [0.4, 0.5) is 22.4 Å². The summed E-state index contributed by atoms with van der Waals surface area (Å²) in [5.41, 5.74) is 9.92. The van der Waals surface area contributed by atoms with E-state index in [0.717, 1.165) is 45.3 Å². The van der Waals surface area contributed by atoms with Gasteiger partial charge in [-0.05, 0) is 49.7 Å². The number of benzene rings is 3. The minimum absolute atomic E-state index is 0.0409. The molecule has 0 aliphatic carbocycles. The molecule has 12 nitrogen and oxygen atoms in total. The van der Waals surface area contributed by atoms with Crippen molar-refractivity contribution >= 4 is 45.4 Å². The first kappa shape index (κ1) is 28.2. The van der Waals surface area contributed by atoms with E-state index in [1.54, 1.807) is 18.7 Å². The molecule has 4 heterocycles. The number of nitrogens with one attached hydrogen (secondary N) is 2. The first-order valence-corrected chi connectivity index (χ1v) is 14.8. The predicted molar refractivity (Wildman–Crippen MR) is 176 cm³/mol. The van der Waals surface area contributed by atoms with Crippen LogP contribution in [0.5, 0.6) is 0 Å². The fourth-order valence-electron chi connectivity index (χ4n) is 5.90. The fourth-order valence-corrected chi connectivity index (χ4v) is 5.90. The third-order valence-corrected chi connectivity index (χ3v) is 8.35. The summed E-state index contributed by atoms with van der Waals surface area (Å²) in [6.07, 6.45) is 5.12. The van der Waals surface area contributed by atoms with E-state index in [-0.39, 0.29) is 24.1 Å². The lowest BCUT2D eigenvalue weighted by Crippen LogP contribution is -2.59. The highest BCUT2D eigenvalue weighted by molar-refractivity contribution is 6.01. The largest absolute Gasteiger partial charge is 0.368 e. The summed E-state index contributed by atoms with van der Waals surface area (Å²) in [5.74, 6) is 1.42. The molecule has 4 N–H and O–H groups in total. The van der Waals surface area contributed by atoms with Crippen LogP contribution in [0.15, 0.2) is 91.5 Å². The van der Waals surface area contributed by atoms with Crippen LogP contribution >= 0.6 is 0 Å². The molecule has 0 bridgehead atoms. The first-order chi connectivity index (χ1) is 21.9. The average molecular weight is 600 g/mol. The minimum atomic E-state index is -0.103. The van der Waals surface area contributed by atoms with Gasteiger partial charge in [0.15, 0.2) is 0 Å². The van der Waals surface area contributed by atoms with Crippen LogP contribution < -0.4 is 16.4 Å². The Kier molecular flexibility index (Phi) is 7.39. The molecule has 0 unspecified atom stereocenters. The molecule has 1 aliphatic rings. The van der Waals surface area contributed by atoms with Gasteiger partial charge < -0.3 is 21.3 Å². The number of carbonyl (C=O) groups excluding carboxylic acids is 1. The van der Waals surface area contributed by atoms with Crippen LogP contribution in [0.3, 0.4) is 0 Å². The molecular weight excluding hydrogens is 566 g/mol. The van der Waals surface area contributed by atoms with E-state index in [1.165, 1.54) is 0 Å². The topological polar surface area (TPSA) is 143 Å². The van der Waals surface area contributed by atoms with Crippen molar-refractivity contribution in [2.75, 3.05) is 43.0 Å². The van der Waals surface area contributed by atoms with Crippen molar-refractivity contribution in [2.24, 2.45) is 0 Å². The zero-order chi connectivity index (χ0) is 30.9. The lowest BCUT2D eigenvalue weighted by Gasteiger charge is -2.42. The summed E-state index contributed by atoms with van der Waals surface area (Å²) < 4.78 is 1.93. The highest BCUT2D eigenvalue weighted by Gasteiger charge is 2.31. The molecule has 3 aromatic heterocycles. The SMILES string of the molecule is C[C@H](Nc1nccc(-n2cnc3cc(-c4ccnc(N)n4)ccc32)n1)[C@@H]1CN(C(=O)Nc2cccc3ccccc23)CCN1C. The molecule has 6 aromatic rings. The van der Waals surface area contributed by atoms with Crippen molar-refractivity contribution in [2.45, 2.75) is 19.0 Å². The zero-order valence-corrected chi connectivity index (χ0v) is 25.0. The Morgan fingerprint density at radius 3 is 2.69 bits per heavy atom. The Hall–Kier alpha value is -5.62. The second kappa shape index (κ2) is 11.8. The normalized spacial score (nSPS) is 16.1. The Labute approximate surface area is 260 Å². The van der Waals surface area contributed by atoms with E-state index in [4.69, 9.17) is 10.7 Å². The van der Waals surface area contributed by atoms with Crippen LogP contribution in [0.1, 0.15) is 6.92 Å². The number of urea groups is 1. The Morgan fingerprint density at radius 1 is 0.956 bits per heavy atom. The summed E-state index contributed by atoms with van der Waals surface area (Å²) in [7, 11) is 2.09. The van der Waals surface area contributed by atoms with Crippen molar-refractivity contribution in [3.05, 3.63) is 91.5 Å². The van der Waals surface area contributed by atoms with E-state index in [2.05, 4.69) is 49.4 Å². The highest BCUT2D eigenvalue weighted by atomic mass is 16.2. The van der Waals surface area contributed by atoms with Crippen molar-refractivity contribution in [3.63, 3.8) is 0 Å². The molecule has 1 saturated heterocycles. The third-order valence-electron chi connectivity index (χ3n) is 8.35. The van der Waals surface area contributed by atoms with Gasteiger partial charge in [0.2, 0.25) is 11.9 Å². The lowest BCUT2D eigenvalue weighted by atomic mass is 10.1. The van der Waals surface area contributed by atoms with Crippen molar-refractivity contribution < 1.29 is 4.79 Å². The van der Waals surface area contributed by atoms with E-state index >= 15 is 0 Å². The van der Waals surface area contributed by atoms with Crippen LogP contribution in [-0.2, 0) is 0 Å². The van der Waals surface area contributed by atoms with Gasteiger partial charge in [-0.25, -0.2) is 24.7 Å². The van der Waals surface area contributed by atoms with E-state index in [0.29, 0.717) is 24.9 Å². The molecule has 1 fully saturated rings. The number of aromatic nitrogens is 6. The van der Waals surface area contributed by atoms with Crippen molar-refractivity contribution in [1.29, 1.82) is 0 Å². The average Bonchev–Trinajstić information content (AvgIpc) is 3.49. The minimum Gasteiger partial charge on any atom is -0.368 e. The second-order valence-electron chi connectivity index (χ2n) is 11.2. The Morgan fingerprint density at radius 2 is 1.80 bits per heavy atom. The number of nitrogen functional groups attached to an aromatic ring is 1. The molecule has 0 spiro atoms. The Bertz CT molecular complexity index is 2000. The van der Waals surface area contributed by atoms with Crippen LogP contribution in [0.2, 0.25) is 0 Å². The number of nitrogens with two attached hydrogens (primary N) is 1. The van der Waals surface area contributed by atoms with Gasteiger partial charge in [-0.2, -0.15) is 4.98 Å². The van der Waals surface area contributed by atoms with Crippen LogP contribution in [-0.4, -0.2) is 84.1 Å². The number of fused-ring (bicyclic) bond motifs is 2. The summed E-state index contributed by atoms with van der Waals surface area (Å²) in [4.78, 5) is 39.7. The Balaban J connectivity index is 1.05. The summed E-state index contributed by atoms with van der Waals surface area (Å²) in [6, 6.07) is 23.5. The number of likely N-dealkylation sites (N-methyl/N-ethyl adjacent to an activating group) is 1. The van der Waals surface area contributed by atoms with Gasteiger partial charge in [-0.3, -0.25) is 9.47 Å². The maximum absolute atomic E-state index is 13.4. The monoisotopic (exact) mass is 599 g/mol. The number of hydrogen-bond donors (Lipinski definition) is 3. The number of imidazole rings is 1. The summed E-state index contributed by atoms with van der Waals surface area (Å²) in [5, 5.41) is 8.73. The molecule has 2 atom stereocenters. The van der Waals surface area contributed by atoms with Crippen molar-refractivity contribution in [1.82, 2.24) is 39.3 Å². The van der Waals surface area contributed by atoms with Gasteiger partial charge in [0.1, 0.15) is 12.1 Å². The lowest BCUT2D eigenvalue weighted by molar-refractivity contribution is 0.108. The number of anilines is 3. The molecular formula is C33H33N11O. The molecule has 12 heteroatoms. The molecule has 7 rings (SSSR count). The first-order valence-electron chi connectivity index (χ1n) is 14.8. The smallest absolute Gasteiger partial charge is 0.321 e. The van der Waals surface area contributed by atoms with Gasteiger partial charge in [-0.15, -0.1) is 0 Å². The molecule has 0 radical (unpaired) electrons. The number of nitrogens with zero attached hydrogens (tertiary/aromatic N) is 8. The summed E-state index contributed by atoms with van der Waals surface area (Å²) in [6.45, 7) is 4.05. The van der Waals surface area contributed by atoms with Gasteiger partial charge >= 0.3 is 6.03 Å². The number of carbonyl (C=O) groups is 1. The number of rotatable bonds is 6. The standard InChI is InChI=1S/C33H33N11O/c1-21(29-19-43(17-16-42(29)2)33(45)40-26-9-5-7-22-6-3-4-8-24(22)26)38-32-36-15-13-30(41-32)44-20-37-27-18-23(10-11-28(27)44)25-12-14-35-31(34)39-25/h3-15,18,20-21,29H,16-17,19H2,1-2H3,(H,40,45)(H2,34,35,39)(H,36,38,41)/t21-,29-/m0/s1. The quantitative estimate of drug-likeness (QED) is 0.249. The maximum Gasteiger partial charge on any atom is 0.321 e. The molecule has 0 saturated carbocycles. The van der Waals surface area contributed by atoms with E-state index in [9.17, 15) is 4.79 Å². The molecule has 2 amide bonds. The van der Waals surface area contributed by atoms with Gasteiger partial charge in [0, 0.05) is 55.1 Å². The van der Waals surface area contributed by atoms with Crippen molar-refractivity contribution in [3.8, 4) is 17.1 Å². The van der Waals surface area contributed by atoms with Gasteiger partial charge in [0.25, 0.3) is 0 Å². The van der Waals surface area contributed by atoms with E-state index < -0.39 is 0 Å². The second-order valence-corrected chi connectivity index (χ2v) is 11.2. The van der Waals surface area contributed by atoms with Crippen LogP contribution in [0, 0.1) is 0 Å². The van der Waals surface area contributed by atoms with Crippen LogP contribution in [0.25, 0.3) is 38.9 Å². The van der Waals surface area contributed by atoms with Gasteiger partial charge in [-0.1, -0.05) is 42.5 Å². The molecule has 45 heavy (non-hydrogen) atoms.